The molecule has 0 aliphatic carbocycles. The average molecular weight is 373 g/mol. The number of anilines is 1. The summed E-state index contributed by atoms with van der Waals surface area (Å²) < 4.78 is 1.90. The Bertz CT molecular complexity index is 730. The van der Waals surface area contributed by atoms with Crippen molar-refractivity contribution < 1.29 is 4.79 Å². The minimum absolute atomic E-state index is 0.0414. The summed E-state index contributed by atoms with van der Waals surface area (Å²) in [5.41, 5.74) is 2.08. The van der Waals surface area contributed by atoms with E-state index in [1.165, 1.54) is 0 Å². The van der Waals surface area contributed by atoms with Crippen molar-refractivity contribution in [1.29, 1.82) is 0 Å². The number of thioether (sulfide) groups is 1. The molecule has 0 spiro atoms. The molecule has 26 heavy (non-hydrogen) atoms. The van der Waals surface area contributed by atoms with Crippen molar-refractivity contribution in [1.82, 2.24) is 15.1 Å². The van der Waals surface area contributed by atoms with Crippen molar-refractivity contribution in [3.63, 3.8) is 0 Å². The maximum absolute atomic E-state index is 12.5. The van der Waals surface area contributed by atoms with Gasteiger partial charge in [0.25, 0.3) is 0 Å². The zero-order valence-electron chi connectivity index (χ0n) is 15.8. The molecule has 1 saturated heterocycles. The summed E-state index contributed by atoms with van der Waals surface area (Å²) in [4.78, 5) is 12.5. The molecular formula is C20H28N4OS. The number of amides is 1. The number of rotatable bonds is 5. The Labute approximate surface area is 159 Å². The van der Waals surface area contributed by atoms with Crippen LogP contribution in [0.25, 0.3) is 0 Å². The summed E-state index contributed by atoms with van der Waals surface area (Å²) in [6, 6.07) is 12.5. The Kier molecular flexibility index (Phi) is 6.04. The second-order valence-corrected chi connectivity index (χ2v) is 8.94. The van der Waals surface area contributed by atoms with Crippen molar-refractivity contribution >= 4 is 23.5 Å². The van der Waals surface area contributed by atoms with Crippen molar-refractivity contribution in [3.05, 3.63) is 47.7 Å². The number of aromatic nitrogens is 2. The number of carbonyl (C=O) groups is 1. The van der Waals surface area contributed by atoms with Crippen LogP contribution in [0.3, 0.4) is 0 Å². The van der Waals surface area contributed by atoms with Gasteiger partial charge < -0.3 is 10.6 Å². The topological polar surface area (TPSA) is 59.0 Å². The van der Waals surface area contributed by atoms with E-state index in [1.807, 2.05) is 40.7 Å². The van der Waals surface area contributed by atoms with E-state index in [9.17, 15) is 4.79 Å². The Morgan fingerprint density at radius 1 is 1.35 bits per heavy atom. The molecule has 1 fully saturated rings. The largest absolute Gasteiger partial charge is 0.312 e. The molecule has 140 valence electrons. The summed E-state index contributed by atoms with van der Waals surface area (Å²) in [6.45, 7) is 8.03. The first-order valence-corrected chi connectivity index (χ1v) is 10.3. The van der Waals surface area contributed by atoms with Gasteiger partial charge in [-0.25, -0.2) is 4.68 Å². The van der Waals surface area contributed by atoms with E-state index in [0.29, 0.717) is 13.0 Å². The third kappa shape index (κ3) is 5.11. The summed E-state index contributed by atoms with van der Waals surface area (Å²) in [7, 11) is 0. The number of benzene rings is 1. The molecule has 1 unspecified atom stereocenters. The molecule has 6 heteroatoms. The molecule has 0 saturated carbocycles. The summed E-state index contributed by atoms with van der Waals surface area (Å²) >= 11 is 1.90. The van der Waals surface area contributed by atoms with Crippen LogP contribution in [0, 0.1) is 0 Å². The van der Waals surface area contributed by atoms with Crippen LogP contribution in [0.4, 0.5) is 5.82 Å². The van der Waals surface area contributed by atoms with E-state index >= 15 is 0 Å². The van der Waals surface area contributed by atoms with Gasteiger partial charge >= 0.3 is 0 Å². The monoisotopic (exact) mass is 372 g/mol. The van der Waals surface area contributed by atoms with Crippen LogP contribution < -0.4 is 10.6 Å². The minimum Gasteiger partial charge on any atom is -0.312 e. The van der Waals surface area contributed by atoms with Gasteiger partial charge in [-0.2, -0.15) is 16.9 Å². The van der Waals surface area contributed by atoms with Gasteiger partial charge in [-0.05, 0) is 5.56 Å². The van der Waals surface area contributed by atoms with Gasteiger partial charge in [0.15, 0.2) is 0 Å². The fourth-order valence-corrected chi connectivity index (χ4v) is 3.88. The lowest BCUT2D eigenvalue weighted by Gasteiger charge is -2.22. The number of nitrogens with one attached hydrogen (secondary N) is 2. The lowest BCUT2D eigenvalue weighted by Crippen LogP contribution is -2.40. The van der Waals surface area contributed by atoms with E-state index in [4.69, 9.17) is 5.10 Å². The van der Waals surface area contributed by atoms with E-state index < -0.39 is 0 Å². The van der Waals surface area contributed by atoms with Crippen molar-refractivity contribution in [2.45, 2.75) is 45.2 Å². The van der Waals surface area contributed by atoms with Crippen LogP contribution in [-0.4, -0.2) is 39.8 Å². The molecule has 1 aromatic heterocycles. The normalized spacial score (nSPS) is 17.9. The van der Waals surface area contributed by atoms with Gasteiger partial charge in [-0.15, -0.1) is 0 Å². The Hall–Kier alpha value is -1.79. The first-order chi connectivity index (χ1) is 12.4. The van der Waals surface area contributed by atoms with Crippen LogP contribution in [0.1, 0.15) is 38.4 Å². The SMILES string of the molecule is CC(C)(C)c1cc(NC(=O)CC2CSCCN2)n(Cc2ccccc2)n1. The van der Waals surface area contributed by atoms with Crippen LogP contribution in [-0.2, 0) is 16.8 Å². The molecule has 1 atom stereocenters. The van der Waals surface area contributed by atoms with E-state index in [2.05, 4.69) is 43.5 Å². The number of nitrogens with zero attached hydrogens (tertiary/aromatic N) is 2. The smallest absolute Gasteiger partial charge is 0.227 e. The molecule has 1 aliphatic rings. The van der Waals surface area contributed by atoms with Crippen molar-refractivity contribution in [2.75, 3.05) is 23.4 Å². The number of carbonyl (C=O) groups excluding carboxylic acids is 1. The quantitative estimate of drug-likeness (QED) is 0.846. The molecule has 5 nitrogen and oxygen atoms in total. The predicted molar refractivity (Wildman–Crippen MR) is 109 cm³/mol. The average Bonchev–Trinajstić information content (AvgIpc) is 2.99. The highest BCUT2D eigenvalue weighted by molar-refractivity contribution is 7.99. The fraction of sp³-hybridized carbons (Fsp3) is 0.500. The molecule has 1 aromatic carbocycles. The van der Waals surface area contributed by atoms with E-state index in [0.717, 1.165) is 35.1 Å². The van der Waals surface area contributed by atoms with E-state index in [1.54, 1.807) is 0 Å². The maximum Gasteiger partial charge on any atom is 0.227 e. The molecule has 1 amide bonds. The molecule has 0 radical (unpaired) electrons. The Balaban J connectivity index is 1.75. The van der Waals surface area contributed by atoms with Gasteiger partial charge in [-0.3, -0.25) is 4.79 Å². The first-order valence-electron chi connectivity index (χ1n) is 9.15. The lowest BCUT2D eigenvalue weighted by atomic mass is 9.92. The van der Waals surface area contributed by atoms with Gasteiger partial charge in [0, 0.05) is 42.0 Å². The number of hydrogen-bond donors (Lipinski definition) is 2. The second kappa shape index (κ2) is 8.27. The molecule has 0 bridgehead atoms. The van der Waals surface area contributed by atoms with Crippen LogP contribution >= 0.6 is 11.8 Å². The van der Waals surface area contributed by atoms with Gasteiger partial charge in [0.2, 0.25) is 5.91 Å². The lowest BCUT2D eigenvalue weighted by molar-refractivity contribution is -0.116. The van der Waals surface area contributed by atoms with Crippen LogP contribution in [0.2, 0.25) is 0 Å². The third-order valence-corrected chi connectivity index (χ3v) is 5.55. The maximum atomic E-state index is 12.5. The highest BCUT2D eigenvalue weighted by atomic mass is 32.2. The molecule has 2 N–H and O–H groups in total. The zero-order chi connectivity index (χ0) is 18.6. The molecule has 2 heterocycles. The predicted octanol–water partition coefficient (Wildman–Crippen LogP) is 3.26. The highest BCUT2D eigenvalue weighted by Crippen LogP contribution is 2.25. The third-order valence-electron chi connectivity index (χ3n) is 4.42. The standard InChI is InChI=1S/C20H28N4OS/c1-20(2,3)17-12-18(22-19(25)11-16-14-26-10-9-21-16)24(23-17)13-15-7-5-4-6-8-15/h4-8,12,16,21H,9-11,13-14H2,1-3H3,(H,22,25). The molecule has 2 aromatic rings. The van der Waals surface area contributed by atoms with Crippen molar-refractivity contribution in [2.24, 2.45) is 0 Å². The van der Waals surface area contributed by atoms with Gasteiger partial charge in [0.1, 0.15) is 5.82 Å². The summed E-state index contributed by atoms with van der Waals surface area (Å²) in [5.74, 6) is 2.92. The first kappa shape index (κ1) is 19.0. The second-order valence-electron chi connectivity index (χ2n) is 7.79. The van der Waals surface area contributed by atoms with Gasteiger partial charge in [-0.1, -0.05) is 51.1 Å². The molecular weight excluding hydrogens is 344 g/mol. The van der Waals surface area contributed by atoms with Crippen molar-refractivity contribution in [3.8, 4) is 0 Å². The zero-order valence-corrected chi connectivity index (χ0v) is 16.6. The summed E-state index contributed by atoms with van der Waals surface area (Å²) in [6.07, 6.45) is 0.494. The van der Waals surface area contributed by atoms with Gasteiger partial charge in [0.05, 0.1) is 12.2 Å². The number of hydrogen-bond acceptors (Lipinski definition) is 4. The Morgan fingerprint density at radius 2 is 2.12 bits per heavy atom. The Morgan fingerprint density at radius 3 is 2.77 bits per heavy atom. The van der Waals surface area contributed by atoms with Crippen LogP contribution in [0.5, 0.6) is 0 Å². The molecule has 1 aliphatic heterocycles. The van der Waals surface area contributed by atoms with Crippen LogP contribution in [0.15, 0.2) is 36.4 Å². The van der Waals surface area contributed by atoms with E-state index in [-0.39, 0.29) is 17.4 Å². The minimum atomic E-state index is -0.0665. The summed E-state index contributed by atoms with van der Waals surface area (Å²) in [5, 5.41) is 11.3. The fourth-order valence-electron chi connectivity index (χ4n) is 2.93. The molecule has 3 rings (SSSR count). The highest BCUT2D eigenvalue weighted by Gasteiger charge is 2.22.